The maximum Gasteiger partial charge on any atom is 0.123 e. The minimum absolute atomic E-state index is 0.286. The van der Waals surface area contributed by atoms with Gasteiger partial charge in [0.2, 0.25) is 0 Å². The summed E-state index contributed by atoms with van der Waals surface area (Å²) in [6.07, 6.45) is 5.07. The van der Waals surface area contributed by atoms with Gasteiger partial charge >= 0.3 is 0 Å². The molecule has 0 fully saturated rings. The number of halogens is 1. The topological polar surface area (TPSA) is 64.1 Å². The van der Waals surface area contributed by atoms with E-state index in [1.54, 1.807) is 29.9 Å². The Labute approximate surface area is 168 Å². The molecule has 0 aliphatic rings. The molecule has 5 heteroatoms. The first-order valence-corrected chi connectivity index (χ1v) is 9.37. The molecule has 3 aromatic carbocycles. The molecule has 29 heavy (non-hydrogen) atoms. The largest absolute Gasteiger partial charge is 0.405 e. The van der Waals surface area contributed by atoms with E-state index in [9.17, 15) is 9.50 Å². The predicted molar refractivity (Wildman–Crippen MR) is 114 cm³/mol. The van der Waals surface area contributed by atoms with Gasteiger partial charge < -0.3 is 10.8 Å². The summed E-state index contributed by atoms with van der Waals surface area (Å²) in [5.74, 6) is -0.286. The molecule has 0 bridgehead atoms. The Bertz CT molecular complexity index is 1210. The molecule has 146 valence electrons. The molecule has 1 aromatic heterocycles. The lowest BCUT2D eigenvalue weighted by molar-refractivity contribution is 0.102. The lowest BCUT2D eigenvalue weighted by Crippen LogP contribution is -2.24. The maximum atomic E-state index is 13.2. The summed E-state index contributed by atoms with van der Waals surface area (Å²) in [6.45, 7) is 3.76. The number of aromatic nitrogens is 2. The van der Waals surface area contributed by atoms with Crippen LogP contribution in [0.5, 0.6) is 0 Å². The molecule has 0 saturated heterocycles. The van der Waals surface area contributed by atoms with Gasteiger partial charge in [0.15, 0.2) is 0 Å². The van der Waals surface area contributed by atoms with Crippen molar-refractivity contribution >= 4 is 17.0 Å². The Morgan fingerprint density at radius 2 is 1.86 bits per heavy atom. The first-order chi connectivity index (χ1) is 13.9. The highest BCUT2D eigenvalue weighted by Gasteiger charge is 2.28. The van der Waals surface area contributed by atoms with Crippen molar-refractivity contribution in [2.24, 2.45) is 5.73 Å². The van der Waals surface area contributed by atoms with E-state index in [2.05, 4.69) is 5.10 Å². The van der Waals surface area contributed by atoms with Crippen molar-refractivity contribution in [3.05, 3.63) is 101 Å². The third-order valence-electron chi connectivity index (χ3n) is 5.38. The van der Waals surface area contributed by atoms with E-state index < -0.39 is 5.60 Å². The summed E-state index contributed by atoms with van der Waals surface area (Å²) in [5.41, 5.74) is 9.54. The van der Waals surface area contributed by atoms with Gasteiger partial charge in [-0.25, -0.2) is 9.07 Å². The molecule has 1 heterocycles. The molecule has 0 amide bonds. The van der Waals surface area contributed by atoms with Crippen LogP contribution in [0.4, 0.5) is 4.39 Å². The van der Waals surface area contributed by atoms with Gasteiger partial charge in [-0.3, -0.25) is 0 Å². The molecular weight excluding hydrogens is 365 g/mol. The van der Waals surface area contributed by atoms with Crippen molar-refractivity contribution in [3.63, 3.8) is 0 Å². The van der Waals surface area contributed by atoms with Gasteiger partial charge in [-0.15, -0.1) is 0 Å². The fraction of sp³-hybridized carbons (Fsp3) is 0.125. The Balaban J connectivity index is 1.79. The quantitative estimate of drug-likeness (QED) is 0.535. The first-order valence-electron chi connectivity index (χ1n) is 9.37. The summed E-state index contributed by atoms with van der Waals surface area (Å²) in [6, 6.07) is 17.8. The second kappa shape index (κ2) is 7.18. The highest BCUT2D eigenvalue weighted by atomic mass is 19.1. The van der Waals surface area contributed by atoms with Gasteiger partial charge in [0.1, 0.15) is 11.4 Å². The first kappa shape index (κ1) is 18.9. The van der Waals surface area contributed by atoms with Gasteiger partial charge in [0.05, 0.1) is 17.4 Å². The van der Waals surface area contributed by atoms with Crippen LogP contribution in [0.2, 0.25) is 0 Å². The van der Waals surface area contributed by atoms with Crippen LogP contribution in [0.3, 0.4) is 0 Å². The molecule has 0 saturated carbocycles. The average Bonchev–Trinajstić information content (AvgIpc) is 3.13. The molecule has 1 atom stereocenters. The van der Waals surface area contributed by atoms with Crippen LogP contribution in [0.15, 0.2) is 73.1 Å². The highest BCUT2D eigenvalue weighted by Crippen LogP contribution is 2.34. The molecule has 4 rings (SSSR count). The zero-order valence-corrected chi connectivity index (χ0v) is 16.3. The van der Waals surface area contributed by atoms with E-state index in [-0.39, 0.29) is 5.82 Å². The molecule has 0 aliphatic carbocycles. The van der Waals surface area contributed by atoms with Gasteiger partial charge in [0, 0.05) is 5.39 Å². The van der Waals surface area contributed by atoms with E-state index >= 15 is 0 Å². The number of rotatable bonds is 4. The van der Waals surface area contributed by atoms with Crippen molar-refractivity contribution in [2.75, 3.05) is 0 Å². The summed E-state index contributed by atoms with van der Waals surface area (Å²) >= 11 is 0. The van der Waals surface area contributed by atoms with Gasteiger partial charge in [-0.05, 0) is 84.8 Å². The summed E-state index contributed by atoms with van der Waals surface area (Å²) in [5, 5.41) is 16.7. The monoisotopic (exact) mass is 387 g/mol. The van der Waals surface area contributed by atoms with E-state index in [1.165, 1.54) is 18.3 Å². The molecule has 0 aliphatic heterocycles. The van der Waals surface area contributed by atoms with Crippen LogP contribution in [-0.2, 0) is 5.60 Å². The zero-order valence-electron chi connectivity index (χ0n) is 16.3. The van der Waals surface area contributed by atoms with Crippen LogP contribution < -0.4 is 5.73 Å². The lowest BCUT2D eigenvalue weighted by Gasteiger charge is -2.27. The molecule has 1 unspecified atom stereocenters. The fourth-order valence-electron chi connectivity index (χ4n) is 3.74. The van der Waals surface area contributed by atoms with E-state index in [1.807, 2.05) is 49.4 Å². The number of aliphatic hydroxyl groups is 1. The SMILES string of the molecule is Cc1c(/C=C\N)cccc1C(C)(O)c1ccc2c(cnn2-c2ccc(F)cc2)c1. The number of benzene rings is 3. The van der Waals surface area contributed by atoms with Crippen LogP contribution in [0.1, 0.15) is 29.2 Å². The molecule has 4 aromatic rings. The molecular formula is C24H22FN3O. The van der Waals surface area contributed by atoms with Crippen molar-refractivity contribution in [2.45, 2.75) is 19.4 Å². The Hall–Kier alpha value is -3.44. The number of hydrogen-bond donors (Lipinski definition) is 2. The van der Waals surface area contributed by atoms with E-state index in [4.69, 9.17) is 5.73 Å². The normalized spacial score (nSPS) is 13.8. The minimum atomic E-state index is -1.19. The van der Waals surface area contributed by atoms with E-state index in [0.29, 0.717) is 0 Å². The standard InChI is InChI=1S/C24H22FN3O/c1-16-17(12-13-26)4-3-5-22(16)24(2,29)19-6-11-23-18(14-19)15-27-28(23)21-9-7-20(25)8-10-21/h3-15,29H,26H2,1-2H3/b13-12-. The molecule has 3 N–H and O–H groups in total. The number of fused-ring (bicyclic) bond motifs is 1. The average molecular weight is 387 g/mol. The maximum absolute atomic E-state index is 13.2. The van der Waals surface area contributed by atoms with Crippen molar-refractivity contribution < 1.29 is 9.50 Å². The smallest absolute Gasteiger partial charge is 0.123 e. The van der Waals surface area contributed by atoms with Crippen LogP contribution in [-0.4, -0.2) is 14.9 Å². The van der Waals surface area contributed by atoms with Crippen molar-refractivity contribution in [3.8, 4) is 5.69 Å². The zero-order chi connectivity index (χ0) is 20.6. The lowest BCUT2D eigenvalue weighted by atomic mass is 9.84. The summed E-state index contributed by atoms with van der Waals surface area (Å²) in [7, 11) is 0. The Morgan fingerprint density at radius 1 is 1.10 bits per heavy atom. The third kappa shape index (κ3) is 3.30. The highest BCUT2D eigenvalue weighted by molar-refractivity contribution is 5.81. The Kier molecular flexibility index (Phi) is 4.68. The summed E-state index contributed by atoms with van der Waals surface area (Å²) in [4.78, 5) is 0. The second-order valence-electron chi connectivity index (χ2n) is 7.26. The van der Waals surface area contributed by atoms with Crippen LogP contribution >= 0.6 is 0 Å². The number of nitrogens with zero attached hydrogens (tertiary/aromatic N) is 2. The number of hydrogen-bond acceptors (Lipinski definition) is 3. The summed E-state index contributed by atoms with van der Waals surface area (Å²) < 4.78 is 15.0. The van der Waals surface area contributed by atoms with Crippen molar-refractivity contribution in [1.82, 2.24) is 9.78 Å². The second-order valence-corrected chi connectivity index (χ2v) is 7.26. The fourth-order valence-corrected chi connectivity index (χ4v) is 3.74. The number of nitrogens with two attached hydrogens (primary N) is 1. The Morgan fingerprint density at radius 3 is 2.59 bits per heavy atom. The van der Waals surface area contributed by atoms with Crippen LogP contribution in [0.25, 0.3) is 22.7 Å². The minimum Gasteiger partial charge on any atom is -0.405 e. The molecule has 0 radical (unpaired) electrons. The van der Waals surface area contributed by atoms with Crippen molar-refractivity contribution in [1.29, 1.82) is 0 Å². The van der Waals surface area contributed by atoms with Gasteiger partial charge in [-0.2, -0.15) is 5.10 Å². The predicted octanol–water partition coefficient (Wildman–Crippen LogP) is 4.66. The molecule has 4 nitrogen and oxygen atoms in total. The molecule has 0 spiro atoms. The van der Waals surface area contributed by atoms with Gasteiger partial charge in [0.25, 0.3) is 0 Å². The third-order valence-corrected chi connectivity index (χ3v) is 5.38. The van der Waals surface area contributed by atoms with Crippen LogP contribution in [0, 0.1) is 12.7 Å². The van der Waals surface area contributed by atoms with E-state index in [0.717, 1.165) is 38.8 Å². The van der Waals surface area contributed by atoms with Gasteiger partial charge in [-0.1, -0.05) is 24.3 Å².